The van der Waals surface area contributed by atoms with E-state index in [1.807, 2.05) is 37.0 Å². The summed E-state index contributed by atoms with van der Waals surface area (Å²) < 4.78 is 4.73. The average molecular weight is 491 g/mol. The number of aliphatic hydroxyl groups is 1. The first-order chi connectivity index (χ1) is 16.3. The summed E-state index contributed by atoms with van der Waals surface area (Å²) in [5, 5.41) is 10.1. The lowest BCUT2D eigenvalue weighted by atomic mass is 9.78. The predicted octanol–water partition coefficient (Wildman–Crippen LogP) is 2.78. The number of thioether (sulfide) groups is 1. The van der Waals surface area contributed by atoms with Gasteiger partial charge in [0.05, 0.1) is 35.8 Å². The van der Waals surface area contributed by atoms with Crippen molar-refractivity contribution in [3.63, 3.8) is 0 Å². The molecule has 1 spiro atoms. The number of fused-ring (bicyclic) bond motifs is 2. The van der Waals surface area contributed by atoms with Gasteiger partial charge in [0.25, 0.3) is 0 Å². The van der Waals surface area contributed by atoms with Gasteiger partial charge in [0.1, 0.15) is 6.04 Å². The van der Waals surface area contributed by atoms with E-state index in [-0.39, 0.29) is 41.6 Å². The monoisotopic (exact) mass is 490 g/mol. The lowest BCUT2D eigenvalue weighted by Crippen LogP contribution is -2.58. The second-order valence-corrected chi connectivity index (χ2v) is 11.8. The zero-order valence-corrected chi connectivity index (χ0v) is 21.5. The highest BCUT2D eigenvalue weighted by molar-refractivity contribution is 8.02. The molecule has 34 heavy (non-hydrogen) atoms. The minimum Gasteiger partial charge on any atom is -0.465 e. The van der Waals surface area contributed by atoms with E-state index in [0.717, 1.165) is 25.7 Å². The van der Waals surface area contributed by atoms with Gasteiger partial charge in [-0.2, -0.15) is 0 Å². The maximum absolute atomic E-state index is 14.2. The number of cyclic esters (lactones) is 1. The lowest BCUT2D eigenvalue weighted by Gasteiger charge is -2.41. The number of ether oxygens (including phenoxy) is 1. The van der Waals surface area contributed by atoms with Gasteiger partial charge in [0.15, 0.2) is 0 Å². The van der Waals surface area contributed by atoms with Crippen molar-refractivity contribution in [1.29, 1.82) is 0 Å². The van der Waals surface area contributed by atoms with Gasteiger partial charge in [-0.1, -0.05) is 51.5 Å². The summed E-state index contributed by atoms with van der Waals surface area (Å²) in [5.74, 6) is -2.05. The molecule has 7 atom stereocenters. The van der Waals surface area contributed by atoms with Crippen molar-refractivity contribution in [2.24, 2.45) is 17.8 Å². The van der Waals surface area contributed by atoms with E-state index < -0.39 is 28.7 Å². The van der Waals surface area contributed by atoms with Crippen LogP contribution in [0.4, 0.5) is 0 Å². The Hall–Kier alpha value is -1.80. The van der Waals surface area contributed by atoms with Gasteiger partial charge in [0.2, 0.25) is 11.8 Å². The number of carbonyl (C=O) groups excluding carboxylic acids is 3. The standard InChI is InChI=1S/C26H38N2O5S/c1-5-10-17(4)27-13-9-12-26-21(20-19(34-26)11-7-6-8-14-33-25(20)32)23(30)28(22(26)24(27)31)18(15-29)16(2)3/h7,9,11-12,16-22,29H,5-6,8,10,13-15H2,1-4H3/b11-7-/t17?,18-,19+,20-,21-,22?,26-/m0/s1. The number of rotatable bonds is 6. The van der Waals surface area contributed by atoms with E-state index in [9.17, 15) is 19.5 Å². The maximum atomic E-state index is 14.2. The number of likely N-dealkylation sites (tertiary alicyclic amines) is 1. The van der Waals surface area contributed by atoms with Gasteiger partial charge in [0, 0.05) is 17.8 Å². The van der Waals surface area contributed by atoms with E-state index in [1.54, 1.807) is 16.7 Å². The van der Waals surface area contributed by atoms with Crippen molar-refractivity contribution in [1.82, 2.24) is 9.80 Å². The fraction of sp³-hybridized carbons (Fsp3) is 0.731. The van der Waals surface area contributed by atoms with Crippen LogP contribution in [0.2, 0.25) is 0 Å². The second-order valence-electron chi connectivity index (χ2n) is 10.4. The third kappa shape index (κ3) is 4.00. The summed E-state index contributed by atoms with van der Waals surface area (Å²) >= 11 is 1.56. The van der Waals surface area contributed by atoms with Crippen LogP contribution in [-0.2, 0) is 19.1 Å². The molecule has 0 aromatic carbocycles. The maximum Gasteiger partial charge on any atom is 0.311 e. The molecule has 2 unspecified atom stereocenters. The minimum absolute atomic E-state index is 0.0355. The van der Waals surface area contributed by atoms with Gasteiger partial charge in [-0.25, -0.2) is 0 Å². The van der Waals surface area contributed by atoms with Crippen LogP contribution in [0.15, 0.2) is 24.3 Å². The zero-order valence-electron chi connectivity index (χ0n) is 20.7. The molecule has 0 aliphatic carbocycles. The SMILES string of the molecule is CCCC(C)N1CC=C[C@]23S[C@@H]4/C=C\CCCOC(=O)[C@@H]4[C@H]2C(=O)N([C@@H](CO)C(C)C)C3C1=O. The van der Waals surface area contributed by atoms with Crippen molar-refractivity contribution in [2.75, 3.05) is 19.8 Å². The second kappa shape index (κ2) is 10.1. The number of esters is 1. The summed E-state index contributed by atoms with van der Waals surface area (Å²) in [6, 6.07) is -1.22. The summed E-state index contributed by atoms with van der Waals surface area (Å²) in [6.07, 6.45) is 11.5. The Morgan fingerprint density at radius 2 is 1.97 bits per heavy atom. The Kier molecular flexibility index (Phi) is 7.48. The molecule has 8 heteroatoms. The smallest absolute Gasteiger partial charge is 0.311 e. The molecule has 2 saturated heterocycles. The number of allylic oxidation sites excluding steroid dienone is 1. The molecule has 1 N–H and O–H groups in total. The van der Waals surface area contributed by atoms with Gasteiger partial charge < -0.3 is 19.6 Å². The minimum atomic E-state index is -0.866. The largest absolute Gasteiger partial charge is 0.465 e. The van der Waals surface area contributed by atoms with Gasteiger partial charge in [-0.05, 0) is 32.1 Å². The van der Waals surface area contributed by atoms with Crippen LogP contribution in [-0.4, -0.2) is 80.6 Å². The van der Waals surface area contributed by atoms with E-state index in [4.69, 9.17) is 4.74 Å². The van der Waals surface area contributed by atoms with Crippen LogP contribution >= 0.6 is 11.8 Å². The molecule has 4 aliphatic rings. The molecule has 0 bridgehead atoms. The van der Waals surface area contributed by atoms with Crippen molar-refractivity contribution in [3.8, 4) is 0 Å². The number of amides is 2. The Bertz CT molecular complexity index is 873. The number of hydrogen-bond donors (Lipinski definition) is 1. The van der Waals surface area contributed by atoms with Gasteiger partial charge in [-0.3, -0.25) is 14.4 Å². The molecule has 2 fully saturated rings. The molecule has 4 rings (SSSR count). The molecular weight excluding hydrogens is 452 g/mol. The molecule has 0 aromatic rings. The first-order valence-electron chi connectivity index (χ1n) is 12.7. The summed E-state index contributed by atoms with van der Waals surface area (Å²) in [5.41, 5.74) is 0. The van der Waals surface area contributed by atoms with Crippen LogP contribution in [0, 0.1) is 17.8 Å². The number of aliphatic hydroxyl groups excluding tert-OH is 1. The summed E-state index contributed by atoms with van der Waals surface area (Å²) in [6.45, 7) is 8.65. The molecule has 0 aromatic heterocycles. The molecular formula is C26H38N2O5S. The van der Waals surface area contributed by atoms with E-state index >= 15 is 0 Å². The van der Waals surface area contributed by atoms with Crippen LogP contribution in [0.5, 0.6) is 0 Å². The van der Waals surface area contributed by atoms with Gasteiger partial charge in [-0.15, -0.1) is 11.8 Å². The van der Waals surface area contributed by atoms with Crippen molar-refractivity contribution >= 4 is 29.5 Å². The third-order valence-corrected chi connectivity index (χ3v) is 9.62. The first-order valence-corrected chi connectivity index (χ1v) is 13.6. The average Bonchev–Trinajstić information content (AvgIpc) is 3.19. The molecule has 0 radical (unpaired) electrons. The highest BCUT2D eigenvalue weighted by Crippen LogP contribution is 2.61. The summed E-state index contributed by atoms with van der Waals surface area (Å²) in [7, 11) is 0. The number of carbonyl (C=O) groups is 3. The Balaban J connectivity index is 1.85. The van der Waals surface area contributed by atoms with Crippen molar-refractivity contribution in [3.05, 3.63) is 24.3 Å². The molecule has 2 amide bonds. The highest BCUT2D eigenvalue weighted by atomic mass is 32.2. The van der Waals surface area contributed by atoms with Crippen LogP contribution in [0.1, 0.15) is 53.4 Å². The molecule has 188 valence electrons. The van der Waals surface area contributed by atoms with Crippen LogP contribution in [0.25, 0.3) is 0 Å². The normalized spacial score (nSPS) is 36.1. The summed E-state index contributed by atoms with van der Waals surface area (Å²) in [4.78, 5) is 45.1. The van der Waals surface area contributed by atoms with E-state index in [1.165, 1.54) is 0 Å². The molecule has 4 aliphatic heterocycles. The Morgan fingerprint density at radius 3 is 2.65 bits per heavy atom. The molecule has 4 heterocycles. The number of nitrogens with zero attached hydrogens (tertiary/aromatic N) is 2. The topological polar surface area (TPSA) is 87.2 Å². The van der Waals surface area contributed by atoms with Gasteiger partial charge >= 0.3 is 5.97 Å². The Labute approximate surface area is 206 Å². The fourth-order valence-electron chi connectivity index (χ4n) is 6.16. The predicted molar refractivity (Wildman–Crippen MR) is 132 cm³/mol. The number of hydrogen-bond acceptors (Lipinski definition) is 6. The third-order valence-electron chi connectivity index (χ3n) is 7.87. The quantitative estimate of drug-likeness (QED) is 0.455. The fourth-order valence-corrected chi connectivity index (χ4v) is 8.15. The zero-order chi connectivity index (χ0) is 24.6. The highest BCUT2D eigenvalue weighted by Gasteiger charge is 2.71. The van der Waals surface area contributed by atoms with E-state index in [2.05, 4.69) is 19.9 Å². The van der Waals surface area contributed by atoms with Crippen LogP contribution in [0.3, 0.4) is 0 Å². The Morgan fingerprint density at radius 1 is 1.21 bits per heavy atom. The molecule has 7 nitrogen and oxygen atoms in total. The van der Waals surface area contributed by atoms with E-state index in [0.29, 0.717) is 13.2 Å². The lowest BCUT2D eigenvalue weighted by molar-refractivity contribution is -0.154. The molecule has 0 saturated carbocycles. The van der Waals surface area contributed by atoms with Crippen molar-refractivity contribution in [2.45, 2.75) is 81.5 Å². The van der Waals surface area contributed by atoms with Crippen LogP contribution < -0.4 is 0 Å². The van der Waals surface area contributed by atoms with Crippen molar-refractivity contribution < 1.29 is 24.2 Å². The first kappa shape index (κ1) is 25.3.